The van der Waals surface area contributed by atoms with E-state index in [0.29, 0.717) is 38.0 Å². The molecule has 5 rings (SSSR count). The third-order valence-corrected chi connectivity index (χ3v) is 6.71. The molecule has 0 radical (unpaired) electrons. The van der Waals surface area contributed by atoms with Gasteiger partial charge in [0.2, 0.25) is 0 Å². The number of fused-ring (bicyclic) bond motifs is 1. The van der Waals surface area contributed by atoms with E-state index in [0.717, 1.165) is 23.4 Å². The predicted octanol–water partition coefficient (Wildman–Crippen LogP) is 3.94. The molecule has 1 saturated carbocycles. The summed E-state index contributed by atoms with van der Waals surface area (Å²) in [5.74, 6) is -0.441. The first-order chi connectivity index (χ1) is 14.6. The molecule has 1 aliphatic carbocycles. The minimum atomic E-state index is -4.63. The largest absolute Gasteiger partial charge is 0.441 e. The number of likely N-dealkylation sites (N-methyl/N-ethyl adjacent to an activating group) is 1. The number of amides is 2. The molecule has 0 atom stereocenters. The third-order valence-electron chi connectivity index (χ3n) is 6.34. The van der Waals surface area contributed by atoms with Crippen molar-refractivity contribution in [2.75, 3.05) is 26.7 Å². The van der Waals surface area contributed by atoms with Crippen LogP contribution in [0.1, 0.15) is 53.3 Å². The zero-order valence-corrected chi connectivity index (χ0v) is 17.5. The highest BCUT2D eigenvalue weighted by molar-refractivity contribution is 6.36. The second-order valence-corrected chi connectivity index (χ2v) is 8.98. The highest BCUT2D eigenvalue weighted by Gasteiger charge is 2.47. The number of rotatable bonds is 2. The van der Waals surface area contributed by atoms with E-state index in [2.05, 4.69) is 5.10 Å². The van der Waals surface area contributed by atoms with Crippen molar-refractivity contribution in [3.05, 3.63) is 34.1 Å². The monoisotopic (exact) mass is 456 g/mol. The average Bonchev–Trinajstić information content (AvgIpc) is 3.45. The highest BCUT2D eigenvalue weighted by Crippen LogP contribution is 2.43. The van der Waals surface area contributed by atoms with Gasteiger partial charge in [-0.1, -0.05) is 11.6 Å². The van der Waals surface area contributed by atoms with Gasteiger partial charge in [-0.3, -0.25) is 4.79 Å². The molecule has 11 heteroatoms. The van der Waals surface area contributed by atoms with Gasteiger partial charge in [-0.2, -0.15) is 18.3 Å². The molecule has 0 N–H and O–H groups in total. The van der Waals surface area contributed by atoms with Crippen molar-refractivity contribution in [2.24, 2.45) is 0 Å². The zero-order valence-electron chi connectivity index (χ0n) is 16.7. The Labute approximate surface area is 180 Å². The predicted molar refractivity (Wildman–Crippen MR) is 104 cm³/mol. The molecule has 2 aromatic heterocycles. The summed E-state index contributed by atoms with van der Waals surface area (Å²) in [6.07, 6.45) is -2.47. The van der Waals surface area contributed by atoms with Gasteiger partial charge >= 0.3 is 12.3 Å². The highest BCUT2D eigenvalue weighted by atomic mass is 35.5. The van der Waals surface area contributed by atoms with Crippen molar-refractivity contribution >= 4 is 29.1 Å². The van der Waals surface area contributed by atoms with Gasteiger partial charge in [0, 0.05) is 33.0 Å². The Hall–Kier alpha value is -2.49. The van der Waals surface area contributed by atoms with Crippen LogP contribution in [0, 0.1) is 0 Å². The molecular formula is C20H20ClF3N4O3. The van der Waals surface area contributed by atoms with Crippen LogP contribution in [0.5, 0.6) is 0 Å². The first-order valence-corrected chi connectivity index (χ1v) is 10.5. The van der Waals surface area contributed by atoms with Gasteiger partial charge in [-0.25, -0.2) is 9.31 Å². The van der Waals surface area contributed by atoms with Gasteiger partial charge in [-0.15, -0.1) is 0 Å². The first-order valence-electron chi connectivity index (χ1n) is 10.1. The maximum absolute atomic E-state index is 13.7. The SMILES string of the molecule is CN1CC2(CCN(C(=O)c3nn4c(C(F)(F)F)cc(C5CC5)cc4c3Cl)CC2)OC1=O. The van der Waals surface area contributed by atoms with E-state index in [9.17, 15) is 22.8 Å². The van der Waals surface area contributed by atoms with Crippen molar-refractivity contribution < 1.29 is 27.5 Å². The van der Waals surface area contributed by atoms with E-state index in [4.69, 9.17) is 16.3 Å². The molecule has 0 unspecified atom stereocenters. The summed E-state index contributed by atoms with van der Waals surface area (Å²) in [6, 6.07) is 2.69. The summed E-state index contributed by atoms with van der Waals surface area (Å²) in [5.41, 5.74) is -1.12. The Kier molecular flexibility index (Phi) is 4.45. The van der Waals surface area contributed by atoms with Crippen LogP contribution in [0.4, 0.5) is 18.0 Å². The number of piperidine rings is 1. The lowest BCUT2D eigenvalue weighted by Crippen LogP contribution is -2.48. The summed E-state index contributed by atoms with van der Waals surface area (Å²) < 4.78 is 47.2. The van der Waals surface area contributed by atoms with Crippen LogP contribution in [0.3, 0.4) is 0 Å². The van der Waals surface area contributed by atoms with E-state index < -0.39 is 29.5 Å². The van der Waals surface area contributed by atoms with Gasteiger partial charge in [-0.05, 0) is 36.5 Å². The number of alkyl halides is 3. The molecule has 3 fully saturated rings. The van der Waals surface area contributed by atoms with Crippen molar-refractivity contribution in [2.45, 2.75) is 43.4 Å². The summed E-state index contributed by atoms with van der Waals surface area (Å²) in [5, 5.41) is 3.89. The number of likely N-dealkylation sites (tertiary alicyclic amines) is 1. The van der Waals surface area contributed by atoms with Gasteiger partial charge in [0.1, 0.15) is 11.3 Å². The Morgan fingerprint density at radius 1 is 1.26 bits per heavy atom. The van der Waals surface area contributed by atoms with Crippen molar-refractivity contribution in [3.63, 3.8) is 0 Å². The molecule has 3 aliphatic rings. The third kappa shape index (κ3) is 3.40. The van der Waals surface area contributed by atoms with E-state index in [1.165, 1.54) is 9.80 Å². The second kappa shape index (κ2) is 6.75. The van der Waals surface area contributed by atoms with Gasteiger partial charge < -0.3 is 14.5 Å². The Morgan fingerprint density at radius 3 is 2.48 bits per heavy atom. The topological polar surface area (TPSA) is 67.2 Å². The van der Waals surface area contributed by atoms with Crippen LogP contribution in [0.15, 0.2) is 12.1 Å². The summed E-state index contributed by atoms with van der Waals surface area (Å²) in [4.78, 5) is 27.8. The molecule has 4 heterocycles. The Morgan fingerprint density at radius 2 is 1.94 bits per heavy atom. The summed E-state index contributed by atoms with van der Waals surface area (Å²) >= 11 is 6.37. The number of hydrogen-bond donors (Lipinski definition) is 0. The van der Waals surface area contributed by atoms with Gasteiger partial charge in [0.25, 0.3) is 5.91 Å². The standard InChI is InChI=1S/C20H20ClF3N4O3/c1-26-10-19(31-18(26)30)4-6-27(7-5-19)17(29)16-15(21)13-8-12(11-2-3-11)9-14(20(22,23)24)28(13)25-16/h8-9,11H,2-7,10H2,1H3. The van der Waals surface area contributed by atoms with E-state index in [1.54, 1.807) is 13.1 Å². The smallest absolute Gasteiger partial charge is 0.433 e. The summed E-state index contributed by atoms with van der Waals surface area (Å²) in [7, 11) is 1.65. The Bertz CT molecular complexity index is 1090. The molecule has 2 aliphatic heterocycles. The molecule has 7 nitrogen and oxygen atoms in total. The van der Waals surface area contributed by atoms with E-state index >= 15 is 0 Å². The molecule has 166 valence electrons. The van der Waals surface area contributed by atoms with Crippen LogP contribution in [-0.2, 0) is 10.9 Å². The molecule has 0 bridgehead atoms. The number of ether oxygens (including phenoxy) is 1. The molecule has 2 aromatic rings. The van der Waals surface area contributed by atoms with Gasteiger partial charge in [0.15, 0.2) is 5.69 Å². The number of carbonyl (C=O) groups excluding carboxylic acids is 2. The van der Waals surface area contributed by atoms with Crippen LogP contribution in [-0.4, -0.2) is 63.7 Å². The number of halogens is 4. The van der Waals surface area contributed by atoms with Crippen molar-refractivity contribution in [3.8, 4) is 0 Å². The fourth-order valence-electron chi connectivity index (χ4n) is 4.45. The maximum atomic E-state index is 13.7. The minimum absolute atomic E-state index is 0.0784. The number of hydrogen-bond acceptors (Lipinski definition) is 4. The van der Waals surface area contributed by atoms with Crippen molar-refractivity contribution in [1.82, 2.24) is 19.4 Å². The molecule has 0 aromatic carbocycles. The molecular weight excluding hydrogens is 437 g/mol. The minimum Gasteiger partial charge on any atom is -0.441 e. The quantitative estimate of drug-likeness (QED) is 0.686. The van der Waals surface area contributed by atoms with Crippen LogP contribution in [0.2, 0.25) is 5.02 Å². The van der Waals surface area contributed by atoms with Crippen LogP contribution in [0.25, 0.3) is 5.52 Å². The van der Waals surface area contributed by atoms with E-state index in [1.807, 2.05) is 0 Å². The van der Waals surface area contributed by atoms with E-state index in [-0.39, 0.29) is 22.2 Å². The van der Waals surface area contributed by atoms with Crippen LogP contribution >= 0.6 is 11.6 Å². The maximum Gasteiger partial charge on any atom is 0.433 e. The molecule has 2 amide bonds. The average molecular weight is 457 g/mol. The lowest BCUT2D eigenvalue weighted by molar-refractivity contribution is -0.142. The number of pyridine rings is 1. The lowest BCUT2D eigenvalue weighted by atomic mass is 9.91. The lowest BCUT2D eigenvalue weighted by Gasteiger charge is -2.37. The van der Waals surface area contributed by atoms with Crippen LogP contribution < -0.4 is 0 Å². The van der Waals surface area contributed by atoms with Crippen molar-refractivity contribution in [1.29, 1.82) is 0 Å². The number of carbonyl (C=O) groups is 2. The van der Waals surface area contributed by atoms with Gasteiger partial charge in [0.05, 0.1) is 17.1 Å². The molecule has 2 saturated heterocycles. The number of aromatic nitrogens is 2. The molecule has 1 spiro atoms. The fraction of sp³-hybridized carbons (Fsp3) is 0.550. The summed E-state index contributed by atoms with van der Waals surface area (Å²) in [6.45, 7) is 1.04. The zero-order chi connectivity index (χ0) is 22.1. The first kappa shape index (κ1) is 20.4. The Balaban J connectivity index is 1.45. The normalized spacial score (nSPS) is 21.3. The second-order valence-electron chi connectivity index (χ2n) is 8.60. The molecule has 31 heavy (non-hydrogen) atoms. The fourth-order valence-corrected chi connectivity index (χ4v) is 4.70. The number of nitrogens with zero attached hydrogens (tertiary/aromatic N) is 4.